The Balaban J connectivity index is 2.65. The van der Waals surface area contributed by atoms with Gasteiger partial charge in [-0.3, -0.25) is 0 Å². The predicted octanol–water partition coefficient (Wildman–Crippen LogP) is 3.38. The first-order valence-electron chi connectivity index (χ1n) is 4.13. The van der Waals surface area contributed by atoms with E-state index in [4.69, 9.17) is 22.9 Å². The van der Waals surface area contributed by atoms with Crippen molar-refractivity contribution >= 4 is 17.3 Å². The standard InChI is InChI=1S/C10H9ClFNO/c1-13-8-3-4-10(9(12)7-8)14-6-2-5-11/h3-4,7H,2,5-6H2. The second-order valence-corrected chi connectivity index (χ2v) is 3.00. The zero-order valence-electron chi connectivity index (χ0n) is 7.46. The molecule has 74 valence electrons. The maximum absolute atomic E-state index is 13.2. The van der Waals surface area contributed by atoms with Gasteiger partial charge in [0, 0.05) is 5.88 Å². The molecule has 0 bridgehead atoms. The largest absolute Gasteiger partial charge is 0.491 e. The van der Waals surface area contributed by atoms with Crippen LogP contribution in [0.25, 0.3) is 4.85 Å². The highest BCUT2D eigenvalue weighted by Gasteiger charge is 2.03. The summed E-state index contributed by atoms with van der Waals surface area (Å²) in [6, 6.07) is 4.13. The molecule has 0 aromatic heterocycles. The van der Waals surface area contributed by atoms with Crippen molar-refractivity contribution in [2.45, 2.75) is 6.42 Å². The number of alkyl halides is 1. The molecule has 0 spiro atoms. The van der Waals surface area contributed by atoms with Gasteiger partial charge in [-0.1, -0.05) is 6.07 Å². The summed E-state index contributed by atoms with van der Waals surface area (Å²) in [4.78, 5) is 3.10. The SMILES string of the molecule is [C-]#[N+]c1ccc(OCCCCl)c(F)c1. The summed E-state index contributed by atoms with van der Waals surface area (Å²) < 4.78 is 18.3. The third-order valence-corrected chi connectivity index (χ3v) is 1.85. The lowest BCUT2D eigenvalue weighted by molar-refractivity contribution is 0.302. The Morgan fingerprint density at radius 3 is 2.86 bits per heavy atom. The minimum Gasteiger partial charge on any atom is -0.491 e. The lowest BCUT2D eigenvalue weighted by Crippen LogP contribution is -1.99. The molecule has 0 atom stereocenters. The summed E-state index contributed by atoms with van der Waals surface area (Å²) in [6.45, 7) is 7.07. The summed E-state index contributed by atoms with van der Waals surface area (Å²) in [5, 5.41) is 0. The van der Waals surface area contributed by atoms with Crippen LogP contribution in [0.4, 0.5) is 10.1 Å². The van der Waals surface area contributed by atoms with Gasteiger partial charge >= 0.3 is 0 Å². The zero-order valence-corrected chi connectivity index (χ0v) is 8.22. The van der Waals surface area contributed by atoms with Gasteiger partial charge in [0.05, 0.1) is 13.2 Å². The molecule has 0 N–H and O–H groups in total. The second-order valence-electron chi connectivity index (χ2n) is 2.62. The molecule has 0 heterocycles. The van der Waals surface area contributed by atoms with Crippen molar-refractivity contribution in [2.24, 2.45) is 0 Å². The van der Waals surface area contributed by atoms with Gasteiger partial charge in [0.25, 0.3) is 0 Å². The van der Waals surface area contributed by atoms with Crippen LogP contribution in [-0.2, 0) is 0 Å². The van der Waals surface area contributed by atoms with Crippen molar-refractivity contribution in [2.75, 3.05) is 12.5 Å². The molecule has 4 heteroatoms. The van der Waals surface area contributed by atoms with Crippen molar-refractivity contribution in [1.82, 2.24) is 0 Å². The fraction of sp³-hybridized carbons (Fsp3) is 0.300. The Hall–Kier alpha value is -1.27. The molecule has 0 fully saturated rings. The van der Waals surface area contributed by atoms with Crippen LogP contribution in [0.5, 0.6) is 5.75 Å². The average Bonchev–Trinajstić information content (AvgIpc) is 2.20. The topological polar surface area (TPSA) is 13.6 Å². The molecule has 1 rings (SSSR count). The molecule has 1 aromatic rings. The molecule has 0 saturated heterocycles. The Labute approximate surface area is 87.1 Å². The van der Waals surface area contributed by atoms with E-state index in [0.717, 1.165) is 6.07 Å². The highest BCUT2D eigenvalue weighted by Crippen LogP contribution is 2.22. The van der Waals surface area contributed by atoms with Crippen molar-refractivity contribution in [3.8, 4) is 5.75 Å². The average molecular weight is 214 g/mol. The van der Waals surface area contributed by atoms with E-state index >= 15 is 0 Å². The van der Waals surface area contributed by atoms with Gasteiger partial charge in [0.1, 0.15) is 0 Å². The van der Waals surface area contributed by atoms with Gasteiger partial charge < -0.3 is 4.74 Å². The molecule has 0 unspecified atom stereocenters. The van der Waals surface area contributed by atoms with Gasteiger partial charge in [0.2, 0.25) is 0 Å². The minimum atomic E-state index is -0.506. The second kappa shape index (κ2) is 5.46. The number of hydrogen-bond donors (Lipinski definition) is 0. The number of rotatable bonds is 4. The smallest absolute Gasteiger partial charge is 0.190 e. The molecule has 0 aliphatic rings. The number of halogens is 2. The van der Waals surface area contributed by atoms with E-state index in [1.54, 1.807) is 0 Å². The first-order valence-corrected chi connectivity index (χ1v) is 4.67. The van der Waals surface area contributed by atoms with E-state index in [0.29, 0.717) is 18.9 Å². The summed E-state index contributed by atoms with van der Waals surface area (Å²) >= 11 is 5.44. The van der Waals surface area contributed by atoms with E-state index in [-0.39, 0.29) is 11.4 Å². The van der Waals surface area contributed by atoms with Crippen LogP contribution in [0.2, 0.25) is 0 Å². The highest BCUT2D eigenvalue weighted by molar-refractivity contribution is 6.17. The zero-order chi connectivity index (χ0) is 10.4. The third kappa shape index (κ3) is 2.90. The van der Waals surface area contributed by atoms with Crippen molar-refractivity contribution < 1.29 is 9.13 Å². The highest BCUT2D eigenvalue weighted by atomic mass is 35.5. The Morgan fingerprint density at radius 2 is 2.29 bits per heavy atom. The van der Waals surface area contributed by atoms with Crippen LogP contribution in [-0.4, -0.2) is 12.5 Å². The molecule has 0 amide bonds. The molecule has 0 aliphatic heterocycles. The maximum atomic E-state index is 13.2. The predicted molar refractivity (Wildman–Crippen MR) is 53.5 cm³/mol. The lowest BCUT2D eigenvalue weighted by Gasteiger charge is -2.05. The van der Waals surface area contributed by atoms with E-state index in [2.05, 4.69) is 4.85 Å². The lowest BCUT2D eigenvalue weighted by atomic mass is 10.3. The quantitative estimate of drug-likeness (QED) is 0.425. The normalized spacial score (nSPS) is 9.50. The number of hydrogen-bond acceptors (Lipinski definition) is 1. The van der Waals surface area contributed by atoms with Crippen LogP contribution >= 0.6 is 11.6 Å². The fourth-order valence-corrected chi connectivity index (χ4v) is 1.02. The van der Waals surface area contributed by atoms with Gasteiger partial charge in [0.15, 0.2) is 17.3 Å². The van der Waals surface area contributed by atoms with Gasteiger partial charge in [-0.25, -0.2) is 9.24 Å². The summed E-state index contributed by atoms with van der Waals surface area (Å²) in [7, 11) is 0. The third-order valence-electron chi connectivity index (χ3n) is 1.58. The van der Waals surface area contributed by atoms with Crippen LogP contribution in [0.3, 0.4) is 0 Å². The van der Waals surface area contributed by atoms with Crippen LogP contribution < -0.4 is 4.74 Å². The van der Waals surface area contributed by atoms with E-state index < -0.39 is 5.82 Å². The van der Waals surface area contributed by atoms with Crippen LogP contribution in [0.15, 0.2) is 18.2 Å². The summed E-state index contributed by atoms with van der Waals surface area (Å²) in [6.07, 6.45) is 0.672. The Kier molecular flexibility index (Phi) is 4.21. The number of ether oxygens (including phenoxy) is 1. The number of benzene rings is 1. The molecule has 2 nitrogen and oxygen atoms in total. The molecule has 1 aromatic carbocycles. The van der Waals surface area contributed by atoms with Crippen molar-refractivity contribution in [1.29, 1.82) is 0 Å². The molecule has 14 heavy (non-hydrogen) atoms. The molecule has 0 aliphatic carbocycles. The molecule has 0 radical (unpaired) electrons. The molecule has 0 saturated carbocycles. The van der Waals surface area contributed by atoms with Crippen molar-refractivity contribution in [3.05, 3.63) is 35.4 Å². The molecular weight excluding hydrogens is 205 g/mol. The monoisotopic (exact) mass is 213 g/mol. The Bertz CT molecular complexity index is 348. The van der Waals surface area contributed by atoms with Crippen molar-refractivity contribution in [3.63, 3.8) is 0 Å². The van der Waals surface area contributed by atoms with Crippen LogP contribution in [0.1, 0.15) is 6.42 Å². The first-order chi connectivity index (χ1) is 6.77. The minimum absolute atomic E-state index is 0.169. The van der Waals surface area contributed by atoms with Gasteiger partial charge in [-0.2, -0.15) is 0 Å². The van der Waals surface area contributed by atoms with Gasteiger partial charge in [-0.05, 0) is 18.6 Å². The maximum Gasteiger partial charge on any atom is 0.190 e. The van der Waals surface area contributed by atoms with E-state index in [9.17, 15) is 4.39 Å². The first kappa shape index (κ1) is 10.8. The molecular formula is C10H9ClFNO. The van der Waals surface area contributed by atoms with Gasteiger partial charge in [-0.15, -0.1) is 11.6 Å². The fourth-order valence-electron chi connectivity index (χ4n) is 0.913. The Morgan fingerprint density at radius 1 is 1.50 bits per heavy atom. The van der Waals surface area contributed by atoms with Crippen LogP contribution in [0, 0.1) is 12.4 Å². The van der Waals surface area contributed by atoms with E-state index in [1.807, 2.05) is 0 Å². The summed E-state index contributed by atoms with van der Waals surface area (Å²) in [5.74, 6) is 0.150. The number of nitrogens with zero attached hydrogens (tertiary/aromatic N) is 1. The summed E-state index contributed by atoms with van der Waals surface area (Å²) in [5.41, 5.74) is 0.271. The van der Waals surface area contributed by atoms with E-state index in [1.165, 1.54) is 12.1 Å².